The maximum absolute atomic E-state index is 12.3. The highest BCUT2D eigenvalue weighted by Gasteiger charge is 2.15. The van der Waals surface area contributed by atoms with Gasteiger partial charge in [0, 0.05) is 10.4 Å². The lowest BCUT2D eigenvalue weighted by Crippen LogP contribution is -2.43. The zero-order valence-electron chi connectivity index (χ0n) is 12.9. The van der Waals surface area contributed by atoms with Gasteiger partial charge < -0.3 is 0 Å². The molecule has 0 aliphatic carbocycles. The molecule has 0 aliphatic rings. The summed E-state index contributed by atoms with van der Waals surface area (Å²) in [6, 6.07) is 13.5. The Balaban J connectivity index is 1.71. The first-order valence-corrected chi connectivity index (χ1v) is 7.74. The van der Waals surface area contributed by atoms with Gasteiger partial charge in [-0.2, -0.15) is 5.10 Å². The van der Waals surface area contributed by atoms with Crippen molar-refractivity contribution in [3.63, 3.8) is 0 Å². The molecule has 0 spiro atoms. The van der Waals surface area contributed by atoms with E-state index in [4.69, 9.17) is 11.6 Å². The van der Waals surface area contributed by atoms with Crippen molar-refractivity contribution in [1.82, 2.24) is 21.0 Å². The number of halogens is 1. The van der Waals surface area contributed by atoms with Crippen molar-refractivity contribution in [3.8, 4) is 0 Å². The largest absolute Gasteiger partial charge is 0.290 e. The van der Waals surface area contributed by atoms with Crippen molar-refractivity contribution in [2.75, 3.05) is 0 Å². The quantitative estimate of drug-likeness (QED) is 0.620. The Morgan fingerprint density at radius 1 is 1.00 bits per heavy atom. The molecule has 25 heavy (non-hydrogen) atoms. The number of carbonyl (C=O) groups excluding carboxylic acids is 2. The second kappa shape index (κ2) is 7.14. The fraction of sp³-hybridized carbons (Fsp3) is 0.0588. The molecule has 7 nitrogen and oxygen atoms in total. The third-order valence-electron chi connectivity index (χ3n) is 3.54. The molecule has 0 bridgehead atoms. The lowest BCUT2D eigenvalue weighted by atomic mass is 10.1. The number of hydrazine groups is 1. The Hall–Kier alpha value is -3.19. The molecule has 3 aromatic rings. The zero-order chi connectivity index (χ0) is 17.8. The number of nitrogens with one attached hydrogen (secondary N) is 3. The van der Waals surface area contributed by atoms with Gasteiger partial charge in [-0.15, -0.1) is 0 Å². The molecule has 3 rings (SSSR count). The molecule has 0 atom stereocenters. The third kappa shape index (κ3) is 3.67. The van der Waals surface area contributed by atoms with Crippen molar-refractivity contribution < 1.29 is 9.59 Å². The SMILES string of the molecule is O=C(Cc1ccccc1Cl)NNC(=O)c1n[nH]c(=O)c2ccccc12. The van der Waals surface area contributed by atoms with Gasteiger partial charge in [0.25, 0.3) is 11.5 Å². The van der Waals surface area contributed by atoms with E-state index in [1.165, 1.54) is 0 Å². The van der Waals surface area contributed by atoms with Crippen LogP contribution in [0, 0.1) is 0 Å². The summed E-state index contributed by atoms with van der Waals surface area (Å²) in [5.74, 6) is -1.07. The van der Waals surface area contributed by atoms with Crippen molar-refractivity contribution in [1.29, 1.82) is 0 Å². The van der Waals surface area contributed by atoms with Gasteiger partial charge >= 0.3 is 0 Å². The number of nitrogens with zero attached hydrogens (tertiary/aromatic N) is 1. The monoisotopic (exact) mass is 356 g/mol. The molecule has 1 heterocycles. The molecule has 0 fully saturated rings. The molecule has 1 aromatic heterocycles. The molecule has 0 radical (unpaired) electrons. The summed E-state index contributed by atoms with van der Waals surface area (Å²) in [6.07, 6.45) is 0.0136. The Bertz CT molecular complexity index is 1020. The number of fused-ring (bicyclic) bond motifs is 1. The first-order valence-electron chi connectivity index (χ1n) is 7.36. The van der Waals surface area contributed by atoms with Gasteiger partial charge in [0.1, 0.15) is 0 Å². The number of amides is 2. The fourth-order valence-electron chi connectivity index (χ4n) is 2.33. The molecule has 0 unspecified atom stereocenters. The number of aromatic amines is 1. The minimum absolute atomic E-state index is 0.00763. The van der Waals surface area contributed by atoms with Gasteiger partial charge in [0.05, 0.1) is 11.8 Å². The van der Waals surface area contributed by atoms with Gasteiger partial charge in [0.2, 0.25) is 5.91 Å². The van der Waals surface area contributed by atoms with Crippen LogP contribution < -0.4 is 16.4 Å². The minimum atomic E-state index is -0.639. The molecule has 0 aliphatic heterocycles. The van der Waals surface area contributed by atoms with Gasteiger partial charge in [-0.25, -0.2) is 5.10 Å². The first-order chi connectivity index (χ1) is 12.1. The van der Waals surface area contributed by atoms with E-state index in [9.17, 15) is 14.4 Å². The van der Waals surface area contributed by atoms with Crippen LogP contribution in [0.5, 0.6) is 0 Å². The van der Waals surface area contributed by atoms with Crippen LogP contribution in [0.4, 0.5) is 0 Å². The zero-order valence-corrected chi connectivity index (χ0v) is 13.6. The Labute approximate surface area is 147 Å². The van der Waals surface area contributed by atoms with Crippen LogP contribution >= 0.6 is 11.6 Å². The summed E-state index contributed by atoms with van der Waals surface area (Å²) in [5.41, 5.74) is 4.85. The molecule has 0 saturated heterocycles. The number of hydrogen-bond acceptors (Lipinski definition) is 4. The summed E-state index contributed by atoms with van der Waals surface area (Å²) < 4.78 is 0. The second-order valence-corrected chi connectivity index (χ2v) is 5.62. The number of carbonyl (C=O) groups is 2. The topological polar surface area (TPSA) is 104 Å². The summed E-state index contributed by atoms with van der Waals surface area (Å²) in [6.45, 7) is 0. The van der Waals surface area contributed by atoms with E-state index in [1.54, 1.807) is 48.5 Å². The molecule has 8 heteroatoms. The van der Waals surface area contributed by atoms with Gasteiger partial charge in [-0.05, 0) is 17.7 Å². The number of hydrogen-bond donors (Lipinski definition) is 3. The summed E-state index contributed by atoms with van der Waals surface area (Å²) in [4.78, 5) is 35.9. The number of aromatic nitrogens is 2. The summed E-state index contributed by atoms with van der Waals surface area (Å²) >= 11 is 6.00. The Morgan fingerprint density at radius 2 is 1.68 bits per heavy atom. The second-order valence-electron chi connectivity index (χ2n) is 5.22. The van der Waals surface area contributed by atoms with Crippen LogP contribution in [0.2, 0.25) is 5.02 Å². The molecular formula is C17H13ClN4O3. The molecule has 0 saturated carbocycles. The average Bonchev–Trinajstić information content (AvgIpc) is 2.62. The standard InChI is InChI=1S/C17H13ClN4O3/c18-13-8-4-1-5-10(13)9-14(23)19-22-17(25)15-11-6-2-3-7-12(11)16(24)21-20-15/h1-8H,9H2,(H,19,23)(H,21,24)(H,22,25). The molecule has 2 aromatic carbocycles. The predicted octanol–water partition coefficient (Wildman–Crippen LogP) is 1.58. The molecule has 2 amide bonds. The molecular weight excluding hydrogens is 344 g/mol. The maximum Gasteiger partial charge on any atom is 0.290 e. The highest BCUT2D eigenvalue weighted by Crippen LogP contribution is 2.15. The van der Waals surface area contributed by atoms with E-state index in [2.05, 4.69) is 21.0 Å². The van der Waals surface area contributed by atoms with Crippen LogP contribution in [-0.4, -0.2) is 22.0 Å². The smallest absolute Gasteiger partial charge is 0.273 e. The van der Waals surface area contributed by atoms with Crippen molar-refractivity contribution in [2.45, 2.75) is 6.42 Å². The van der Waals surface area contributed by atoms with Crippen LogP contribution in [-0.2, 0) is 11.2 Å². The number of rotatable bonds is 3. The van der Waals surface area contributed by atoms with E-state index < -0.39 is 17.4 Å². The normalized spacial score (nSPS) is 10.4. The molecule has 126 valence electrons. The van der Waals surface area contributed by atoms with Crippen LogP contribution in [0.15, 0.2) is 53.3 Å². The van der Waals surface area contributed by atoms with E-state index in [-0.39, 0.29) is 12.1 Å². The number of H-pyrrole nitrogens is 1. The predicted molar refractivity (Wildman–Crippen MR) is 93.1 cm³/mol. The maximum atomic E-state index is 12.3. The fourth-order valence-corrected chi connectivity index (χ4v) is 2.53. The van der Waals surface area contributed by atoms with Crippen molar-refractivity contribution in [2.24, 2.45) is 0 Å². The Kier molecular flexibility index (Phi) is 4.76. The highest BCUT2D eigenvalue weighted by atomic mass is 35.5. The van der Waals surface area contributed by atoms with E-state index >= 15 is 0 Å². The Morgan fingerprint density at radius 3 is 2.44 bits per heavy atom. The first kappa shape index (κ1) is 16.7. The lowest BCUT2D eigenvalue weighted by Gasteiger charge is -2.09. The molecule has 3 N–H and O–H groups in total. The number of benzene rings is 2. The third-order valence-corrected chi connectivity index (χ3v) is 3.90. The summed E-state index contributed by atoms with van der Waals surface area (Å²) in [7, 11) is 0. The van der Waals surface area contributed by atoms with Gasteiger partial charge in [-0.1, -0.05) is 48.0 Å². The average molecular weight is 357 g/mol. The van der Waals surface area contributed by atoms with Crippen molar-refractivity contribution >= 4 is 34.2 Å². The lowest BCUT2D eigenvalue weighted by molar-refractivity contribution is -0.121. The van der Waals surface area contributed by atoms with Gasteiger partial charge in [0.15, 0.2) is 5.69 Å². The van der Waals surface area contributed by atoms with Crippen molar-refractivity contribution in [3.05, 3.63) is 75.2 Å². The van der Waals surface area contributed by atoms with E-state index in [0.29, 0.717) is 21.4 Å². The highest BCUT2D eigenvalue weighted by molar-refractivity contribution is 6.31. The summed E-state index contributed by atoms with van der Waals surface area (Å²) in [5, 5.41) is 7.22. The van der Waals surface area contributed by atoms with Crippen LogP contribution in [0.25, 0.3) is 10.8 Å². The van der Waals surface area contributed by atoms with Gasteiger partial charge in [-0.3, -0.25) is 25.2 Å². The van der Waals surface area contributed by atoms with E-state index in [1.807, 2.05) is 0 Å². The minimum Gasteiger partial charge on any atom is -0.273 e. The van der Waals surface area contributed by atoms with Crippen LogP contribution in [0.3, 0.4) is 0 Å². The van der Waals surface area contributed by atoms with E-state index in [0.717, 1.165) is 0 Å². The van der Waals surface area contributed by atoms with Crippen LogP contribution in [0.1, 0.15) is 16.1 Å².